The Hall–Kier alpha value is -0.220. The van der Waals surface area contributed by atoms with Gasteiger partial charge < -0.3 is 10.1 Å². The maximum absolute atomic E-state index is 5.88. The van der Waals surface area contributed by atoms with E-state index in [1.807, 2.05) is 11.8 Å². The zero-order valence-electron chi connectivity index (χ0n) is 11.7. The minimum atomic E-state index is 0.503. The zero-order valence-corrected chi connectivity index (χ0v) is 12.5. The van der Waals surface area contributed by atoms with Gasteiger partial charge in [-0.05, 0) is 26.2 Å². The van der Waals surface area contributed by atoms with Crippen LogP contribution in [0, 0.1) is 0 Å². The zero-order chi connectivity index (χ0) is 12.8. The van der Waals surface area contributed by atoms with Crippen LogP contribution < -0.4 is 5.32 Å². The lowest BCUT2D eigenvalue weighted by atomic mass is 9.98. The summed E-state index contributed by atoms with van der Waals surface area (Å²) >= 11 is 1.86. The maximum atomic E-state index is 5.88. The molecule has 1 aliphatic carbocycles. The van der Waals surface area contributed by atoms with Crippen molar-refractivity contribution in [3.05, 3.63) is 0 Å². The number of amidine groups is 1. The van der Waals surface area contributed by atoms with E-state index in [0.717, 1.165) is 18.3 Å². The van der Waals surface area contributed by atoms with Crippen molar-refractivity contribution in [1.82, 2.24) is 5.32 Å². The van der Waals surface area contributed by atoms with E-state index in [1.54, 1.807) is 0 Å². The van der Waals surface area contributed by atoms with Crippen molar-refractivity contribution in [1.29, 1.82) is 0 Å². The summed E-state index contributed by atoms with van der Waals surface area (Å²) in [5.74, 6) is 0. The van der Waals surface area contributed by atoms with Gasteiger partial charge >= 0.3 is 0 Å². The first-order valence-corrected chi connectivity index (χ1v) is 8.21. The molecular formula is C14H26N2OS. The van der Waals surface area contributed by atoms with Gasteiger partial charge in [-0.25, -0.2) is 0 Å². The van der Waals surface area contributed by atoms with Gasteiger partial charge in [-0.3, -0.25) is 4.99 Å². The lowest BCUT2D eigenvalue weighted by molar-refractivity contribution is 0.0335. The van der Waals surface area contributed by atoms with Crippen LogP contribution >= 0.6 is 11.8 Å². The predicted molar refractivity (Wildman–Crippen MR) is 79.4 cm³/mol. The van der Waals surface area contributed by atoms with Crippen LogP contribution in [0.15, 0.2) is 4.99 Å². The van der Waals surface area contributed by atoms with Gasteiger partial charge in [0.2, 0.25) is 0 Å². The number of thioether (sulfide) groups is 1. The van der Waals surface area contributed by atoms with Crippen molar-refractivity contribution in [3.63, 3.8) is 0 Å². The van der Waals surface area contributed by atoms with Gasteiger partial charge in [0.1, 0.15) is 0 Å². The summed E-state index contributed by atoms with van der Waals surface area (Å²) in [5, 5.41) is 5.23. The van der Waals surface area contributed by atoms with E-state index >= 15 is 0 Å². The quantitative estimate of drug-likeness (QED) is 0.797. The minimum Gasteiger partial charge on any atom is -0.376 e. The number of nitrogens with zero attached hydrogens (tertiary/aromatic N) is 1. The van der Waals surface area contributed by atoms with Crippen LogP contribution in [0.1, 0.15) is 52.4 Å². The Bertz CT molecular complexity index is 265. The highest BCUT2D eigenvalue weighted by molar-refractivity contribution is 8.14. The molecule has 2 atom stereocenters. The monoisotopic (exact) mass is 270 g/mol. The van der Waals surface area contributed by atoms with Gasteiger partial charge in [0, 0.05) is 11.3 Å². The van der Waals surface area contributed by atoms with Crippen molar-refractivity contribution in [2.45, 2.75) is 69.8 Å². The first-order chi connectivity index (χ1) is 8.74. The molecule has 3 nitrogen and oxygen atoms in total. The van der Waals surface area contributed by atoms with Crippen LogP contribution in [0.5, 0.6) is 0 Å². The number of ether oxygens (including phenoxy) is 1. The molecular weight excluding hydrogens is 244 g/mol. The summed E-state index contributed by atoms with van der Waals surface area (Å²) in [5.41, 5.74) is 0. The van der Waals surface area contributed by atoms with Gasteiger partial charge in [-0.1, -0.05) is 37.9 Å². The van der Waals surface area contributed by atoms with E-state index in [4.69, 9.17) is 4.74 Å². The third-order valence-electron chi connectivity index (χ3n) is 3.62. The topological polar surface area (TPSA) is 33.6 Å². The second kappa shape index (κ2) is 7.39. The molecule has 0 aromatic carbocycles. The summed E-state index contributed by atoms with van der Waals surface area (Å²) < 4.78 is 5.88. The summed E-state index contributed by atoms with van der Waals surface area (Å²) in [6.07, 6.45) is 8.29. The third-order valence-corrected chi connectivity index (χ3v) is 4.69. The van der Waals surface area contributed by atoms with Gasteiger partial charge in [0.25, 0.3) is 0 Å². The Morgan fingerprint density at radius 3 is 2.78 bits per heavy atom. The Labute approximate surface area is 115 Å². The molecule has 0 spiro atoms. The molecule has 1 N–H and O–H groups in total. The highest BCUT2D eigenvalue weighted by Crippen LogP contribution is 2.22. The van der Waals surface area contributed by atoms with E-state index in [0.29, 0.717) is 17.4 Å². The Morgan fingerprint density at radius 2 is 2.06 bits per heavy atom. The number of rotatable bonds is 4. The molecule has 2 rings (SSSR count). The molecule has 0 aromatic heterocycles. The molecule has 18 heavy (non-hydrogen) atoms. The smallest absolute Gasteiger partial charge is 0.157 e. The highest BCUT2D eigenvalue weighted by Gasteiger charge is 2.19. The van der Waals surface area contributed by atoms with Crippen molar-refractivity contribution in [2.75, 3.05) is 13.2 Å². The summed E-state index contributed by atoms with van der Waals surface area (Å²) in [7, 11) is 0. The van der Waals surface area contributed by atoms with Crippen LogP contribution in [0.4, 0.5) is 0 Å². The minimum absolute atomic E-state index is 0.503. The lowest BCUT2D eigenvalue weighted by Gasteiger charge is -2.27. The largest absolute Gasteiger partial charge is 0.376 e. The van der Waals surface area contributed by atoms with E-state index in [-0.39, 0.29) is 0 Å². The Kier molecular flexibility index (Phi) is 5.83. The van der Waals surface area contributed by atoms with E-state index in [1.165, 1.54) is 38.5 Å². The SMILES string of the molecule is CC1CC(C)SC(=NCCOC2CCCCC2)N1. The lowest BCUT2D eigenvalue weighted by Crippen LogP contribution is -2.38. The molecule has 2 fully saturated rings. The Balaban J connectivity index is 1.64. The predicted octanol–water partition coefficient (Wildman–Crippen LogP) is 3.20. The fraction of sp³-hybridized carbons (Fsp3) is 0.929. The first kappa shape index (κ1) is 14.2. The van der Waals surface area contributed by atoms with E-state index in [2.05, 4.69) is 24.2 Å². The molecule has 1 saturated carbocycles. The van der Waals surface area contributed by atoms with E-state index < -0.39 is 0 Å². The van der Waals surface area contributed by atoms with Gasteiger partial charge in [0.05, 0.1) is 19.3 Å². The van der Waals surface area contributed by atoms with Gasteiger partial charge in [-0.15, -0.1) is 0 Å². The second-order valence-corrected chi connectivity index (χ2v) is 6.95. The molecule has 0 amide bonds. The van der Waals surface area contributed by atoms with Crippen LogP contribution in [-0.4, -0.2) is 35.7 Å². The highest BCUT2D eigenvalue weighted by atomic mass is 32.2. The Morgan fingerprint density at radius 1 is 1.28 bits per heavy atom. The van der Waals surface area contributed by atoms with E-state index in [9.17, 15) is 0 Å². The summed E-state index contributed by atoms with van der Waals surface area (Å²) in [4.78, 5) is 4.61. The molecule has 1 aliphatic heterocycles. The first-order valence-electron chi connectivity index (χ1n) is 7.33. The number of hydrogen-bond donors (Lipinski definition) is 1. The molecule has 104 valence electrons. The third kappa shape index (κ3) is 4.81. The molecule has 2 aliphatic rings. The average Bonchev–Trinajstić information content (AvgIpc) is 2.35. The van der Waals surface area contributed by atoms with Crippen molar-refractivity contribution >= 4 is 16.9 Å². The fourth-order valence-corrected chi connectivity index (χ4v) is 3.92. The number of nitrogens with one attached hydrogen (secondary N) is 1. The normalized spacial score (nSPS) is 32.4. The van der Waals surface area contributed by atoms with Crippen molar-refractivity contribution < 1.29 is 4.74 Å². The molecule has 1 saturated heterocycles. The second-order valence-electron chi connectivity index (χ2n) is 5.53. The fourth-order valence-electron chi connectivity index (χ4n) is 2.72. The number of aliphatic imine (C=N–C) groups is 1. The summed E-state index contributed by atoms with van der Waals surface area (Å²) in [6, 6.07) is 0.555. The average molecular weight is 270 g/mol. The molecule has 2 unspecified atom stereocenters. The molecule has 0 aromatic rings. The van der Waals surface area contributed by atoms with Gasteiger partial charge in [-0.2, -0.15) is 0 Å². The van der Waals surface area contributed by atoms with Crippen molar-refractivity contribution in [3.8, 4) is 0 Å². The van der Waals surface area contributed by atoms with Crippen LogP contribution in [0.2, 0.25) is 0 Å². The van der Waals surface area contributed by atoms with Gasteiger partial charge in [0.15, 0.2) is 5.17 Å². The van der Waals surface area contributed by atoms with Crippen LogP contribution in [-0.2, 0) is 4.74 Å². The molecule has 1 heterocycles. The standard InChI is InChI=1S/C14H26N2OS/c1-11-10-12(2)18-14(16-11)15-8-9-17-13-6-4-3-5-7-13/h11-13H,3-10H2,1-2H3,(H,15,16). The van der Waals surface area contributed by atoms with Crippen LogP contribution in [0.3, 0.4) is 0 Å². The van der Waals surface area contributed by atoms with Crippen molar-refractivity contribution in [2.24, 2.45) is 4.99 Å². The summed E-state index contributed by atoms with van der Waals surface area (Å²) in [6.45, 7) is 6.07. The molecule has 4 heteroatoms. The maximum Gasteiger partial charge on any atom is 0.157 e. The molecule has 0 radical (unpaired) electrons. The molecule has 0 bridgehead atoms. The van der Waals surface area contributed by atoms with Crippen LogP contribution in [0.25, 0.3) is 0 Å². The number of hydrogen-bond acceptors (Lipinski definition) is 3.